The zero-order valence-electron chi connectivity index (χ0n) is 31.6. The molecular weight excluding hydrogens is 716 g/mol. The van der Waals surface area contributed by atoms with Crippen LogP contribution in [0.1, 0.15) is 72.0 Å². The Labute approximate surface area is 324 Å². The van der Waals surface area contributed by atoms with Gasteiger partial charge in [0.1, 0.15) is 11.5 Å². The van der Waals surface area contributed by atoms with Gasteiger partial charge in [0.25, 0.3) is 11.5 Å². The van der Waals surface area contributed by atoms with Crippen LogP contribution >= 0.6 is 11.3 Å². The van der Waals surface area contributed by atoms with Gasteiger partial charge in [-0.25, -0.2) is 23.7 Å². The highest BCUT2D eigenvalue weighted by atomic mass is 32.1. The number of aromatic nitrogens is 4. The Morgan fingerprint density at radius 1 is 0.891 bits per heavy atom. The second kappa shape index (κ2) is 16.3. The number of benzene rings is 2. The number of thiazole rings is 1. The fourth-order valence-corrected chi connectivity index (χ4v) is 9.26. The van der Waals surface area contributed by atoms with Crippen LogP contribution in [-0.4, -0.2) is 98.1 Å². The van der Waals surface area contributed by atoms with Crippen LogP contribution < -0.4 is 16.6 Å². The molecule has 5 heterocycles. The number of nitrogens with zero attached hydrogens (tertiary/aromatic N) is 7. The number of piperidine rings is 1. The standard InChI is InChI=1S/C42H49FN8O3S/c1-28-45-38(27-55-28)40(52)46-33-6-4-7-35(14-13-33)51-41(53)37-24-32(43)25-44-39(37)50(42(51)54)36-8-3-5-31(23-36)30-11-9-29(10-12-30)26-48-17-15-34(16-18-48)49-21-19-47(2)20-22-49/h3,5,8-12,23-25,27,33-35H,4,6-7,13-22,26H2,1-2H3,(H,46,52)/t33-,35+/m0/s1. The van der Waals surface area contributed by atoms with Crippen LogP contribution in [0.2, 0.25) is 0 Å². The molecule has 1 N–H and O–H groups in total. The fraction of sp³-hybridized carbons (Fsp3) is 0.452. The molecule has 0 radical (unpaired) electrons. The summed E-state index contributed by atoms with van der Waals surface area (Å²) < 4.78 is 17.4. The van der Waals surface area contributed by atoms with E-state index in [-0.39, 0.29) is 23.0 Å². The van der Waals surface area contributed by atoms with Crippen molar-refractivity contribution in [3.8, 4) is 16.8 Å². The summed E-state index contributed by atoms with van der Waals surface area (Å²) in [6.07, 6.45) is 6.56. The minimum Gasteiger partial charge on any atom is -0.348 e. The van der Waals surface area contributed by atoms with E-state index < -0.39 is 23.1 Å². The molecule has 5 aromatic rings. The van der Waals surface area contributed by atoms with Crippen LogP contribution in [0.5, 0.6) is 0 Å². The van der Waals surface area contributed by atoms with Crippen molar-refractivity contribution in [1.29, 1.82) is 0 Å². The normalized spacial score (nSPS) is 20.8. The molecule has 2 saturated heterocycles. The molecule has 1 saturated carbocycles. The summed E-state index contributed by atoms with van der Waals surface area (Å²) in [6.45, 7) is 9.65. The lowest BCUT2D eigenvalue weighted by molar-refractivity contribution is 0.0658. The lowest BCUT2D eigenvalue weighted by atomic mass is 10.0. The van der Waals surface area contributed by atoms with E-state index >= 15 is 0 Å². The third-order valence-corrected chi connectivity index (χ3v) is 12.6. The van der Waals surface area contributed by atoms with Crippen LogP contribution in [0.15, 0.2) is 75.8 Å². The number of carbonyl (C=O) groups is 1. The maximum absolute atomic E-state index is 14.6. The number of fused-ring (bicyclic) bond motifs is 1. The Balaban J connectivity index is 1.00. The summed E-state index contributed by atoms with van der Waals surface area (Å²) in [5.41, 5.74) is 3.20. The molecule has 13 heteroatoms. The van der Waals surface area contributed by atoms with Gasteiger partial charge in [0, 0.05) is 56.2 Å². The summed E-state index contributed by atoms with van der Waals surface area (Å²) >= 11 is 1.43. The monoisotopic (exact) mass is 764 g/mol. The minimum atomic E-state index is -0.643. The van der Waals surface area contributed by atoms with Crippen LogP contribution in [0.25, 0.3) is 27.8 Å². The Morgan fingerprint density at radius 2 is 1.67 bits per heavy atom. The summed E-state index contributed by atoms with van der Waals surface area (Å²) in [6, 6.07) is 17.6. The molecule has 1 aliphatic carbocycles. The summed E-state index contributed by atoms with van der Waals surface area (Å²) in [4.78, 5) is 57.5. The molecule has 8 rings (SSSR count). The molecule has 2 atom stereocenters. The number of likely N-dealkylation sites (tertiary alicyclic amines) is 1. The van der Waals surface area contributed by atoms with Gasteiger partial charge in [0.2, 0.25) is 0 Å². The van der Waals surface area contributed by atoms with Gasteiger partial charge in [-0.2, -0.15) is 0 Å². The van der Waals surface area contributed by atoms with Gasteiger partial charge in [-0.1, -0.05) is 36.4 Å². The molecule has 3 aliphatic rings. The van der Waals surface area contributed by atoms with Crippen LogP contribution in [0, 0.1) is 12.7 Å². The molecule has 11 nitrogen and oxygen atoms in total. The fourth-order valence-electron chi connectivity index (χ4n) is 8.66. The quantitative estimate of drug-likeness (QED) is 0.203. The molecule has 2 aliphatic heterocycles. The molecule has 55 heavy (non-hydrogen) atoms. The van der Waals surface area contributed by atoms with E-state index in [4.69, 9.17) is 0 Å². The highest BCUT2D eigenvalue weighted by Gasteiger charge is 2.28. The van der Waals surface area contributed by atoms with Gasteiger partial charge < -0.3 is 10.2 Å². The Morgan fingerprint density at radius 3 is 2.42 bits per heavy atom. The van der Waals surface area contributed by atoms with Gasteiger partial charge in [-0.05, 0) is 107 Å². The predicted molar refractivity (Wildman–Crippen MR) is 215 cm³/mol. The van der Waals surface area contributed by atoms with Crippen molar-refractivity contribution >= 4 is 28.3 Å². The highest BCUT2D eigenvalue weighted by Crippen LogP contribution is 2.28. The average molecular weight is 765 g/mol. The summed E-state index contributed by atoms with van der Waals surface area (Å²) in [5, 5.41) is 5.72. The van der Waals surface area contributed by atoms with E-state index in [9.17, 15) is 18.8 Å². The molecule has 3 aromatic heterocycles. The Kier molecular flexibility index (Phi) is 11.1. The average Bonchev–Trinajstić information content (AvgIpc) is 3.51. The topological polar surface area (TPSA) is 109 Å². The number of halogens is 1. The number of rotatable bonds is 8. The van der Waals surface area contributed by atoms with Crippen molar-refractivity contribution in [3.05, 3.63) is 109 Å². The van der Waals surface area contributed by atoms with Gasteiger partial charge in [0.05, 0.1) is 22.3 Å². The smallest absolute Gasteiger partial charge is 0.337 e. The van der Waals surface area contributed by atoms with E-state index in [1.807, 2.05) is 31.2 Å². The van der Waals surface area contributed by atoms with Crippen molar-refractivity contribution in [2.24, 2.45) is 0 Å². The van der Waals surface area contributed by atoms with Crippen molar-refractivity contribution in [2.75, 3.05) is 46.3 Å². The number of aryl methyl sites for hydroxylation is 1. The maximum Gasteiger partial charge on any atom is 0.337 e. The van der Waals surface area contributed by atoms with Crippen molar-refractivity contribution < 1.29 is 9.18 Å². The molecule has 0 bridgehead atoms. The first kappa shape index (κ1) is 37.4. The highest BCUT2D eigenvalue weighted by molar-refractivity contribution is 7.09. The Hall–Kier alpha value is -4.56. The van der Waals surface area contributed by atoms with E-state index in [1.165, 1.54) is 58.0 Å². The number of hydrogen-bond donors (Lipinski definition) is 1. The molecule has 3 fully saturated rings. The zero-order chi connectivity index (χ0) is 38.1. The second-order valence-electron chi connectivity index (χ2n) is 15.5. The van der Waals surface area contributed by atoms with Crippen LogP contribution in [-0.2, 0) is 6.54 Å². The first-order valence-electron chi connectivity index (χ1n) is 19.6. The Bertz CT molecular complexity index is 2270. The van der Waals surface area contributed by atoms with Crippen molar-refractivity contribution in [2.45, 2.75) is 76.5 Å². The summed E-state index contributed by atoms with van der Waals surface area (Å²) in [5.74, 6) is -0.860. The SMILES string of the molecule is Cc1nc(C(=O)N[C@H]2CCC[C@@H](n3c(=O)c4cc(F)cnc4n(-c4cccc(-c5ccc(CN6CCC(N7CCN(C)CC7)CC6)cc5)c4)c3=O)CC2)cs1. The maximum atomic E-state index is 14.6. The van der Waals surface area contributed by atoms with Crippen LogP contribution in [0.4, 0.5) is 4.39 Å². The number of hydrogen-bond acceptors (Lipinski definition) is 9. The third kappa shape index (κ3) is 8.21. The van der Waals surface area contributed by atoms with Gasteiger partial charge in [-0.3, -0.25) is 24.0 Å². The molecule has 288 valence electrons. The molecule has 1 amide bonds. The van der Waals surface area contributed by atoms with Crippen molar-refractivity contribution in [1.82, 2.24) is 39.1 Å². The van der Waals surface area contributed by atoms with Gasteiger partial charge >= 0.3 is 5.69 Å². The van der Waals surface area contributed by atoms with E-state index in [2.05, 4.69) is 61.3 Å². The first-order valence-corrected chi connectivity index (χ1v) is 20.5. The zero-order valence-corrected chi connectivity index (χ0v) is 32.4. The third-order valence-electron chi connectivity index (χ3n) is 11.8. The largest absolute Gasteiger partial charge is 0.348 e. The lowest BCUT2D eigenvalue weighted by Gasteiger charge is -2.42. The number of pyridine rings is 1. The molecule has 0 unspecified atom stereocenters. The van der Waals surface area contributed by atoms with E-state index in [0.29, 0.717) is 49.5 Å². The molecule has 0 spiro atoms. The van der Waals surface area contributed by atoms with Crippen molar-refractivity contribution in [3.63, 3.8) is 0 Å². The number of piperazine rings is 1. The van der Waals surface area contributed by atoms with Crippen LogP contribution in [0.3, 0.4) is 0 Å². The first-order chi connectivity index (χ1) is 26.7. The lowest BCUT2D eigenvalue weighted by Crippen LogP contribution is -2.52. The van der Waals surface area contributed by atoms with Gasteiger partial charge in [-0.15, -0.1) is 11.3 Å². The number of carbonyl (C=O) groups excluding carboxylic acids is 1. The van der Waals surface area contributed by atoms with E-state index in [1.54, 1.807) is 5.38 Å². The predicted octanol–water partition coefficient (Wildman–Crippen LogP) is 5.63. The second-order valence-corrected chi connectivity index (χ2v) is 16.6. The molecular formula is C42H49FN8O3S. The number of nitrogens with one attached hydrogen (secondary N) is 1. The van der Waals surface area contributed by atoms with E-state index in [0.717, 1.165) is 55.1 Å². The number of likely N-dealkylation sites (N-methyl/N-ethyl adjacent to an activating group) is 1. The number of amides is 1. The summed E-state index contributed by atoms with van der Waals surface area (Å²) in [7, 11) is 2.21. The minimum absolute atomic E-state index is 0.0509. The van der Waals surface area contributed by atoms with Gasteiger partial charge in [0.15, 0.2) is 5.65 Å². The molecule has 2 aromatic carbocycles.